The van der Waals surface area contributed by atoms with E-state index in [1.807, 2.05) is 33.8 Å². The molecule has 0 spiro atoms. The highest BCUT2D eigenvalue weighted by atomic mass is 16.5. The Hall–Kier alpha value is -3.75. The first-order valence-corrected chi connectivity index (χ1v) is 14.9. The molecule has 1 aliphatic heterocycles. The fourth-order valence-electron chi connectivity index (χ4n) is 5.53. The lowest BCUT2D eigenvalue weighted by atomic mass is 9.84. The van der Waals surface area contributed by atoms with Crippen LogP contribution in [0, 0.1) is 11.3 Å². The number of nitrogens with zero attached hydrogens (tertiary/aromatic N) is 4. The third-order valence-electron chi connectivity index (χ3n) is 7.49. The summed E-state index contributed by atoms with van der Waals surface area (Å²) in [5.41, 5.74) is 3.21. The van der Waals surface area contributed by atoms with Gasteiger partial charge in [-0.15, -0.1) is 15.0 Å². The Bertz CT molecular complexity index is 1460. The van der Waals surface area contributed by atoms with Gasteiger partial charge in [0.2, 0.25) is 0 Å². The highest BCUT2D eigenvalue weighted by Gasteiger charge is 2.36. The molecule has 2 heterocycles. The number of phenols is 1. The van der Waals surface area contributed by atoms with E-state index in [1.165, 1.54) is 9.70 Å². The lowest BCUT2D eigenvalue weighted by Crippen LogP contribution is -2.30. The van der Waals surface area contributed by atoms with E-state index in [4.69, 9.17) is 4.74 Å². The molecule has 0 saturated heterocycles. The number of phenolic OH excluding ortho intramolecular Hbond substituents is 1. The molecule has 1 atom stereocenters. The Kier molecular flexibility index (Phi) is 8.81. The number of carbonyl (C=O) groups is 3. The van der Waals surface area contributed by atoms with Crippen molar-refractivity contribution in [1.82, 2.24) is 19.9 Å². The molecule has 9 heteroatoms. The van der Waals surface area contributed by atoms with Crippen molar-refractivity contribution in [2.45, 2.75) is 92.9 Å². The van der Waals surface area contributed by atoms with Crippen LogP contribution >= 0.6 is 0 Å². The Balaban J connectivity index is 1.60. The molecule has 2 amide bonds. The number of esters is 1. The number of aromatic nitrogens is 3. The molecule has 4 rings (SSSR count). The topological polar surface area (TPSA) is 115 Å². The number of aromatic hydroxyl groups is 1. The number of aryl methyl sites for hydroxylation is 1. The second kappa shape index (κ2) is 11.9. The van der Waals surface area contributed by atoms with E-state index in [2.05, 4.69) is 37.9 Å². The van der Waals surface area contributed by atoms with Gasteiger partial charge in [0.1, 0.15) is 22.5 Å². The van der Waals surface area contributed by atoms with Crippen LogP contribution in [0.5, 0.6) is 5.75 Å². The Morgan fingerprint density at radius 2 is 1.57 bits per heavy atom. The van der Waals surface area contributed by atoms with Gasteiger partial charge < -0.3 is 9.84 Å². The van der Waals surface area contributed by atoms with Gasteiger partial charge in [0.05, 0.1) is 17.7 Å². The summed E-state index contributed by atoms with van der Waals surface area (Å²) >= 11 is 0. The SMILES string of the molecule is CCCCN1C(=O)c2cc3nn(-c4cc(CCC(=O)OCC(C)CC(C)(C)C)cc(C(C)(C)C)c4O)nc3cc2C1=O. The average molecular weight is 577 g/mol. The van der Waals surface area contributed by atoms with E-state index >= 15 is 0 Å². The number of benzene rings is 2. The fraction of sp³-hybridized carbons (Fsp3) is 0.545. The van der Waals surface area contributed by atoms with E-state index < -0.39 is 5.41 Å². The number of rotatable bonds is 10. The molecule has 2 aromatic carbocycles. The van der Waals surface area contributed by atoms with E-state index in [0.717, 1.165) is 24.8 Å². The summed E-state index contributed by atoms with van der Waals surface area (Å²) in [6.07, 6.45) is 3.21. The summed E-state index contributed by atoms with van der Waals surface area (Å²) in [7, 11) is 0. The predicted molar refractivity (Wildman–Crippen MR) is 162 cm³/mol. The third kappa shape index (κ3) is 6.82. The lowest BCUT2D eigenvalue weighted by Gasteiger charge is -2.23. The summed E-state index contributed by atoms with van der Waals surface area (Å²) < 4.78 is 5.56. The molecular weight excluding hydrogens is 532 g/mol. The van der Waals surface area contributed by atoms with Crippen molar-refractivity contribution in [2.75, 3.05) is 13.2 Å². The minimum atomic E-state index is -0.397. The van der Waals surface area contributed by atoms with Crippen molar-refractivity contribution in [2.24, 2.45) is 11.3 Å². The third-order valence-corrected chi connectivity index (χ3v) is 7.49. The number of hydrogen-bond donors (Lipinski definition) is 1. The van der Waals surface area contributed by atoms with Gasteiger partial charge in [-0.3, -0.25) is 19.3 Å². The Labute approximate surface area is 248 Å². The maximum atomic E-state index is 12.9. The first kappa shape index (κ1) is 31.2. The molecule has 1 unspecified atom stereocenters. The molecule has 1 N–H and O–H groups in total. The van der Waals surface area contributed by atoms with Crippen LogP contribution in [0.15, 0.2) is 24.3 Å². The second-order valence-electron chi connectivity index (χ2n) is 13.8. The highest BCUT2D eigenvalue weighted by molar-refractivity contribution is 6.22. The monoisotopic (exact) mass is 576 g/mol. The minimum absolute atomic E-state index is 0.0376. The molecule has 226 valence electrons. The molecule has 0 fully saturated rings. The molecule has 1 aromatic heterocycles. The van der Waals surface area contributed by atoms with Crippen molar-refractivity contribution in [1.29, 1.82) is 0 Å². The molecule has 0 aliphatic carbocycles. The second-order valence-corrected chi connectivity index (χ2v) is 13.8. The molecule has 42 heavy (non-hydrogen) atoms. The van der Waals surface area contributed by atoms with Crippen LogP contribution in [0.2, 0.25) is 0 Å². The number of imide groups is 1. The van der Waals surface area contributed by atoms with Crippen LogP contribution in [0.25, 0.3) is 16.7 Å². The first-order valence-electron chi connectivity index (χ1n) is 14.9. The predicted octanol–water partition coefficient (Wildman–Crippen LogP) is 6.37. The van der Waals surface area contributed by atoms with Gasteiger partial charge in [0, 0.05) is 18.5 Å². The normalized spacial score (nSPS) is 14.5. The maximum absolute atomic E-state index is 12.9. The number of amides is 2. The molecule has 1 aliphatic rings. The molecule has 0 saturated carbocycles. The van der Waals surface area contributed by atoms with E-state index in [9.17, 15) is 19.5 Å². The lowest BCUT2D eigenvalue weighted by molar-refractivity contribution is -0.145. The molecule has 0 bridgehead atoms. The summed E-state index contributed by atoms with van der Waals surface area (Å²) in [4.78, 5) is 41.1. The number of fused-ring (bicyclic) bond motifs is 2. The molecule has 9 nitrogen and oxygen atoms in total. The van der Waals surface area contributed by atoms with Crippen molar-refractivity contribution < 1.29 is 24.2 Å². The zero-order chi connectivity index (χ0) is 31.0. The first-order chi connectivity index (χ1) is 19.6. The van der Waals surface area contributed by atoms with Gasteiger partial charge in [0.25, 0.3) is 11.8 Å². The van der Waals surface area contributed by atoms with Gasteiger partial charge in [-0.1, -0.05) is 67.9 Å². The van der Waals surface area contributed by atoms with Crippen LogP contribution in [0.1, 0.15) is 113 Å². The van der Waals surface area contributed by atoms with E-state index in [1.54, 1.807) is 18.2 Å². The number of unbranched alkanes of at least 4 members (excludes halogenated alkanes) is 1. The van der Waals surface area contributed by atoms with Gasteiger partial charge in [-0.2, -0.15) is 0 Å². The number of carbonyl (C=O) groups excluding carboxylic acids is 3. The van der Waals surface area contributed by atoms with Crippen molar-refractivity contribution in [3.63, 3.8) is 0 Å². The van der Waals surface area contributed by atoms with Crippen LogP contribution < -0.4 is 0 Å². The summed E-state index contributed by atoms with van der Waals surface area (Å²) in [6.45, 7) is 17.4. The smallest absolute Gasteiger partial charge is 0.306 e. The highest BCUT2D eigenvalue weighted by Crippen LogP contribution is 2.37. The zero-order valence-corrected chi connectivity index (χ0v) is 26.2. The zero-order valence-electron chi connectivity index (χ0n) is 26.2. The van der Waals surface area contributed by atoms with Gasteiger partial charge in [-0.25, -0.2) is 0 Å². The van der Waals surface area contributed by atoms with Crippen LogP contribution in [0.4, 0.5) is 0 Å². The Morgan fingerprint density at radius 1 is 0.976 bits per heavy atom. The van der Waals surface area contributed by atoms with Crippen LogP contribution in [0.3, 0.4) is 0 Å². The minimum Gasteiger partial charge on any atom is -0.505 e. The van der Waals surface area contributed by atoms with E-state index in [-0.39, 0.29) is 41.3 Å². The van der Waals surface area contributed by atoms with Gasteiger partial charge in [0.15, 0.2) is 0 Å². The van der Waals surface area contributed by atoms with Crippen molar-refractivity contribution in [3.05, 3.63) is 46.5 Å². The standard InChI is InChI=1S/C33H44N4O5/c1-9-10-13-36-30(40)22-16-25-26(17-23(22)31(36)41)35-37(34-25)27-15-21(14-24(29(27)39)33(6,7)8)11-12-28(38)42-19-20(2)18-32(3,4)5/h14-17,20,39H,9-13,18-19H2,1-8H3. The maximum Gasteiger partial charge on any atom is 0.306 e. The number of ether oxygens (including phenoxy) is 1. The van der Waals surface area contributed by atoms with Gasteiger partial charge >= 0.3 is 5.97 Å². The van der Waals surface area contributed by atoms with E-state index in [0.29, 0.717) is 53.0 Å². The Morgan fingerprint density at radius 3 is 2.10 bits per heavy atom. The van der Waals surface area contributed by atoms with Crippen molar-refractivity contribution in [3.8, 4) is 11.4 Å². The quantitative estimate of drug-likeness (QED) is 0.220. The van der Waals surface area contributed by atoms with Crippen LogP contribution in [-0.4, -0.2) is 55.9 Å². The summed E-state index contributed by atoms with van der Waals surface area (Å²) in [6, 6.07) is 6.88. The fourth-order valence-corrected chi connectivity index (χ4v) is 5.53. The molecular formula is C33H44N4O5. The molecule has 3 aromatic rings. The summed E-state index contributed by atoms with van der Waals surface area (Å²) in [5, 5.41) is 20.5. The van der Waals surface area contributed by atoms with Crippen molar-refractivity contribution >= 4 is 28.8 Å². The van der Waals surface area contributed by atoms with Crippen LogP contribution in [-0.2, 0) is 21.4 Å². The average Bonchev–Trinajstić information content (AvgIpc) is 3.40. The largest absolute Gasteiger partial charge is 0.505 e. The molecule has 0 radical (unpaired) electrons. The summed E-state index contributed by atoms with van der Waals surface area (Å²) in [5.74, 6) is -0.593. The number of hydrogen-bond acceptors (Lipinski definition) is 7. The van der Waals surface area contributed by atoms with Gasteiger partial charge in [-0.05, 0) is 59.8 Å².